The number of anilines is 1. The van der Waals surface area contributed by atoms with E-state index in [1.807, 2.05) is 20.8 Å². The minimum atomic E-state index is -0.501. The Hall–Kier alpha value is -1.82. The molecule has 1 N–H and O–H groups in total. The molecule has 1 aliphatic heterocycles. The normalized spacial score (nSPS) is 15.3. The first-order valence-electron chi connectivity index (χ1n) is 6.63. The standard InChI is InChI=1S/C14H18ClN3O3/c1-14(2,3)21-13(20)18-6-10(7-18)17-11-4-12(15)16-5-9(11)8-19/h4-5,8,10H,6-7H2,1-3H3,(H,16,17). The first kappa shape index (κ1) is 15.6. The summed E-state index contributed by atoms with van der Waals surface area (Å²) in [6.45, 7) is 6.53. The zero-order chi connectivity index (χ0) is 15.6. The Morgan fingerprint density at radius 2 is 2.19 bits per heavy atom. The molecule has 1 aromatic heterocycles. The van der Waals surface area contributed by atoms with Crippen molar-refractivity contribution in [1.29, 1.82) is 0 Å². The Labute approximate surface area is 128 Å². The summed E-state index contributed by atoms with van der Waals surface area (Å²) in [5, 5.41) is 3.49. The van der Waals surface area contributed by atoms with E-state index in [0.717, 1.165) is 6.29 Å². The lowest BCUT2D eigenvalue weighted by Gasteiger charge is -2.40. The summed E-state index contributed by atoms with van der Waals surface area (Å²) >= 11 is 5.82. The van der Waals surface area contributed by atoms with Crippen LogP contribution in [0.5, 0.6) is 0 Å². The number of carbonyl (C=O) groups is 2. The van der Waals surface area contributed by atoms with Gasteiger partial charge in [-0.2, -0.15) is 0 Å². The largest absolute Gasteiger partial charge is 0.444 e. The molecule has 2 heterocycles. The number of amides is 1. The highest BCUT2D eigenvalue weighted by Gasteiger charge is 2.33. The maximum absolute atomic E-state index is 11.8. The van der Waals surface area contributed by atoms with Gasteiger partial charge in [-0.05, 0) is 26.8 Å². The van der Waals surface area contributed by atoms with Crippen LogP contribution in [0.15, 0.2) is 12.3 Å². The fourth-order valence-corrected chi connectivity index (χ4v) is 2.08. The van der Waals surface area contributed by atoms with E-state index in [-0.39, 0.29) is 12.1 Å². The fourth-order valence-electron chi connectivity index (χ4n) is 1.92. The number of halogens is 1. The number of nitrogens with one attached hydrogen (secondary N) is 1. The molecule has 1 fully saturated rings. The van der Waals surface area contributed by atoms with Gasteiger partial charge in [0, 0.05) is 25.0 Å². The zero-order valence-corrected chi connectivity index (χ0v) is 13.0. The molecule has 0 saturated carbocycles. The summed E-state index contributed by atoms with van der Waals surface area (Å²) in [7, 11) is 0. The first-order chi connectivity index (χ1) is 9.78. The van der Waals surface area contributed by atoms with E-state index in [1.54, 1.807) is 11.0 Å². The van der Waals surface area contributed by atoms with Crippen LogP contribution in [0.1, 0.15) is 31.1 Å². The van der Waals surface area contributed by atoms with Crippen molar-refractivity contribution in [3.63, 3.8) is 0 Å². The minimum absolute atomic E-state index is 0.0645. The second kappa shape index (κ2) is 5.89. The quantitative estimate of drug-likeness (QED) is 0.686. The van der Waals surface area contributed by atoms with Gasteiger partial charge in [0.25, 0.3) is 0 Å². The van der Waals surface area contributed by atoms with Gasteiger partial charge in [-0.15, -0.1) is 0 Å². The first-order valence-corrected chi connectivity index (χ1v) is 7.01. The smallest absolute Gasteiger partial charge is 0.410 e. The molecule has 6 nitrogen and oxygen atoms in total. The van der Waals surface area contributed by atoms with E-state index in [4.69, 9.17) is 16.3 Å². The van der Waals surface area contributed by atoms with Crippen molar-refractivity contribution in [3.05, 3.63) is 23.0 Å². The van der Waals surface area contributed by atoms with Crippen molar-refractivity contribution in [2.45, 2.75) is 32.4 Å². The van der Waals surface area contributed by atoms with Crippen molar-refractivity contribution in [2.75, 3.05) is 18.4 Å². The third-order valence-electron chi connectivity index (χ3n) is 2.92. The second-order valence-corrected chi connectivity index (χ2v) is 6.33. The number of aromatic nitrogens is 1. The number of likely N-dealkylation sites (tertiary alicyclic amines) is 1. The van der Waals surface area contributed by atoms with Crippen LogP contribution in [0.3, 0.4) is 0 Å². The summed E-state index contributed by atoms with van der Waals surface area (Å²) in [5.41, 5.74) is 0.563. The van der Waals surface area contributed by atoms with Gasteiger partial charge in [-0.25, -0.2) is 9.78 Å². The topological polar surface area (TPSA) is 71.5 Å². The van der Waals surface area contributed by atoms with Gasteiger partial charge < -0.3 is 15.0 Å². The summed E-state index contributed by atoms with van der Waals surface area (Å²) in [5.74, 6) is 0. The number of pyridine rings is 1. The number of nitrogens with zero attached hydrogens (tertiary/aromatic N) is 2. The van der Waals surface area contributed by atoms with E-state index < -0.39 is 5.60 Å². The molecule has 0 unspecified atom stereocenters. The molecule has 1 aromatic rings. The van der Waals surface area contributed by atoms with Gasteiger partial charge in [0.2, 0.25) is 0 Å². The molecule has 0 spiro atoms. The van der Waals surface area contributed by atoms with Crippen LogP contribution in [-0.2, 0) is 4.74 Å². The Balaban J connectivity index is 1.90. The minimum Gasteiger partial charge on any atom is -0.444 e. The molecule has 0 radical (unpaired) electrons. The van der Waals surface area contributed by atoms with Crippen molar-refractivity contribution < 1.29 is 14.3 Å². The molecule has 1 saturated heterocycles. The highest BCUT2D eigenvalue weighted by atomic mass is 35.5. The van der Waals surface area contributed by atoms with Gasteiger partial charge in [0.15, 0.2) is 6.29 Å². The fraction of sp³-hybridized carbons (Fsp3) is 0.500. The molecule has 21 heavy (non-hydrogen) atoms. The van der Waals surface area contributed by atoms with Crippen molar-refractivity contribution in [1.82, 2.24) is 9.88 Å². The molecule has 1 amide bonds. The van der Waals surface area contributed by atoms with E-state index in [2.05, 4.69) is 10.3 Å². The monoisotopic (exact) mass is 311 g/mol. The third-order valence-corrected chi connectivity index (χ3v) is 3.13. The van der Waals surface area contributed by atoms with Crippen LogP contribution in [0, 0.1) is 0 Å². The van der Waals surface area contributed by atoms with Crippen LogP contribution in [0.25, 0.3) is 0 Å². The molecule has 0 aromatic carbocycles. The number of aldehydes is 1. The van der Waals surface area contributed by atoms with Crippen LogP contribution in [0.2, 0.25) is 5.15 Å². The van der Waals surface area contributed by atoms with Gasteiger partial charge in [0.05, 0.1) is 11.6 Å². The number of carbonyl (C=O) groups excluding carboxylic acids is 2. The molecule has 7 heteroatoms. The summed E-state index contributed by atoms with van der Waals surface area (Å²) < 4.78 is 5.28. The Bertz CT molecular complexity index is 551. The Morgan fingerprint density at radius 1 is 1.52 bits per heavy atom. The summed E-state index contributed by atoms with van der Waals surface area (Å²) in [6.07, 6.45) is 1.81. The maximum atomic E-state index is 11.8. The third kappa shape index (κ3) is 4.07. The second-order valence-electron chi connectivity index (χ2n) is 5.94. The van der Waals surface area contributed by atoms with Gasteiger partial charge >= 0.3 is 6.09 Å². The molecule has 1 aliphatic rings. The summed E-state index contributed by atoms with van der Waals surface area (Å²) in [4.78, 5) is 28.2. The van der Waals surface area contributed by atoms with Gasteiger partial charge in [-0.1, -0.05) is 11.6 Å². The van der Waals surface area contributed by atoms with E-state index in [0.29, 0.717) is 29.5 Å². The van der Waals surface area contributed by atoms with Gasteiger partial charge in [0.1, 0.15) is 10.8 Å². The lowest BCUT2D eigenvalue weighted by molar-refractivity contribution is 0.0105. The molecule has 2 rings (SSSR count). The Morgan fingerprint density at radius 3 is 2.76 bits per heavy atom. The van der Waals surface area contributed by atoms with E-state index in [1.165, 1.54) is 6.20 Å². The number of ether oxygens (including phenoxy) is 1. The van der Waals surface area contributed by atoms with Crippen molar-refractivity contribution in [3.8, 4) is 0 Å². The number of rotatable bonds is 3. The van der Waals surface area contributed by atoms with Crippen LogP contribution in [0.4, 0.5) is 10.5 Å². The molecule has 0 aliphatic carbocycles. The highest BCUT2D eigenvalue weighted by Crippen LogP contribution is 2.22. The van der Waals surface area contributed by atoms with Crippen LogP contribution in [-0.4, -0.2) is 47.0 Å². The van der Waals surface area contributed by atoms with Crippen LogP contribution < -0.4 is 5.32 Å². The lowest BCUT2D eigenvalue weighted by atomic mass is 10.1. The molecule has 0 atom stereocenters. The van der Waals surface area contributed by atoms with E-state index in [9.17, 15) is 9.59 Å². The maximum Gasteiger partial charge on any atom is 0.410 e. The average Bonchev–Trinajstić information content (AvgIpc) is 2.31. The summed E-state index contributed by atoms with van der Waals surface area (Å²) in [6, 6.07) is 1.66. The highest BCUT2D eigenvalue weighted by molar-refractivity contribution is 6.29. The number of hydrogen-bond donors (Lipinski definition) is 1. The average molecular weight is 312 g/mol. The van der Waals surface area contributed by atoms with Crippen molar-refractivity contribution >= 4 is 29.7 Å². The predicted octanol–water partition coefficient (Wildman–Crippen LogP) is 2.58. The molecular formula is C14H18ClN3O3. The number of hydrogen-bond acceptors (Lipinski definition) is 5. The predicted molar refractivity (Wildman–Crippen MR) is 79.9 cm³/mol. The van der Waals surface area contributed by atoms with E-state index >= 15 is 0 Å². The SMILES string of the molecule is CC(C)(C)OC(=O)N1CC(Nc2cc(Cl)ncc2C=O)C1. The van der Waals surface area contributed by atoms with Gasteiger partial charge in [-0.3, -0.25) is 4.79 Å². The van der Waals surface area contributed by atoms with Crippen LogP contribution >= 0.6 is 11.6 Å². The zero-order valence-electron chi connectivity index (χ0n) is 12.2. The lowest BCUT2D eigenvalue weighted by Crippen LogP contribution is -2.58. The molecular weight excluding hydrogens is 294 g/mol. The Kier molecular flexibility index (Phi) is 4.37. The molecule has 114 valence electrons. The van der Waals surface area contributed by atoms with Crippen molar-refractivity contribution in [2.24, 2.45) is 0 Å². The molecule has 0 bridgehead atoms.